The number of hydrogen-bond acceptors (Lipinski definition) is 6. The third-order valence-electron chi connectivity index (χ3n) is 10.5. The van der Waals surface area contributed by atoms with E-state index in [1.165, 1.54) is 148 Å². The number of likely N-dealkylation sites (N-methyl/N-ethyl adjacent to an activating group) is 1. The molecule has 1 unspecified atom stereocenters. The zero-order valence-electron chi connectivity index (χ0n) is 36.4. The molecule has 0 spiro atoms. The van der Waals surface area contributed by atoms with Gasteiger partial charge in [-0.3, -0.25) is 9.36 Å². The van der Waals surface area contributed by atoms with Crippen LogP contribution < -0.4 is 10.2 Å². The molecule has 0 aliphatic rings. The minimum absolute atomic E-state index is 0.00970. The summed E-state index contributed by atoms with van der Waals surface area (Å²) in [5.41, 5.74) is 0. The van der Waals surface area contributed by atoms with E-state index in [2.05, 4.69) is 31.3 Å². The summed E-state index contributed by atoms with van der Waals surface area (Å²) in [4.78, 5) is 25.3. The fourth-order valence-electron chi connectivity index (χ4n) is 6.80. The third kappa shape index (κ3) is 39.5. The first kappa shape index (κ1) is 53.2. The third-order valence-corrected chi connectivity index (χ3v) is 11.5. The molecule has 0 aliphatic heterocycles. The Labute approximate surface area is 335 Å². The lowest BCUT2D eigenvalue weighted by Crippen LogP contribution is -2.46. The van der Waals surface area contributed by atoms with Gasteiger partial charge in [0, 0.05) is 6.42 Å². The van der Waals surface area contributed by atoms with Crippen molar-refractivity contribution in [1.82, 2.24) is 5.32 Å². The van der Waals surface area contributed by atoms with Gasteiger partial charge in [-0.2, -0.15) is 0 Å². The maximum absolute atomic E-state index is 12.9. The molecule has 1 amide bonds. The Morgan fingerprint density at radius 3 is 1.44 bits per heavy atom. The Balaban J connectivity index is 4.33. The number of hydrogen-bond donors (Lipinski definition) is 2. The number of phosphoric acid groups is 1. The fraction of sp³-hybridized carbons (Fsp3) is 0.933. The van der Waals surface area contributed by atoms with E-state index in [1.54, 1.807) is 0 Å². The molecule has 0 aromatic heterocycles. The number of rotatable bonds is 42. The van der Waals surface area contributed by atoms with Crippen LogP contribution in [0.5, 0.6) is 0 Å². The minimum atomic E-state index is -4.57. The quantitative estimate of drug-likeness (QED) is 0.0276. The molecule has 0 saturated heterocycles. The Morgan fingerprint density at radius 2 is 1.02 bits per heavy atom. The summed E-state index contributed by atoms with van der Waals surface area (Å²) in [7, 11) is 1.30. The summed E-state index contributed by atoms with van der Waals surface area (Å²) in [5, 5.41) is 13.9. The average Bonchev–Trinajstić information content (AvgIpc) is 3.12. The molecule has 8 nitrogen and oxygen atoms in total. The van der Waals surface area contributed by atoms with Crippen molar-refractivity contribution in [2.24, 2.45) is 0 Å². The first-order valence-electron chi connectivity index (χ1n) is 23.0. The Morgan fingerprint density at radius 1 is 0.630 bits per heavy atom. The Kier molecular flexibility index (Phi) is 37.3. The molecule has 0 saturated carbocycles. The predicted octanol–water partition coefficient (Wildman–Crippen LogP) is 12.1. The molecule has 2 N–H and O–H groups in total. The van der Waals surface area contributed by atoms with Gasteiger partial charge in [0.05, 0.1) is 39.9 Å². The maximum atomic E-state index is 12.9. The van der Waals surface area contributed by atoms with E-state index in [4.69, 9.17) is 9.05 Å². The van der Waals surface area contributed by atoms with Crippen LogP contribution in [0, 0.1) is 0 Å². The van der Waals surface area contributed by atoms with Crippen LogP contribution in [0.2, 0.25) is 0 Å². The number of nitrogens with zero attached hydrogens (tertiary/aromatic N) is 1. The smallest absolute Gasteiger partial charge is 0.268 e. The molecule has 0 heterocycles. The highest BCUT2D eigenvalue weighted by molar-refractivity contribution is 7.45. The van der Waals surface area contributed by atoms with Gasteiger partial charge in [-0.15, -0.1) is 0 Å². The van der Waals surface area contributed by atoms with Crippen LogP contribution in [0.1, 0.15) is 219 Å². The van der Waals surface area contributed by atoms with Crippen LogP contribution in [0.15, 0.2) is 12.2 Å². The van der Waals surface area contributed by atoms with Crippen LogP contribution in [0.25, 0.3) is 0 Å². The molecule has 9 heteroatoms. The molecule has 0 bridgehead atoms. The van der Waals surface area contributed by atoms with Crippen molar-refractivity contribution in [2.75, 3.05) is 40.9 Å². The van der Waals surface area contributed by atoms with E-state index in [0.29, 0.717) is 23.9 Å². The minimum Gasteiger partial charge on any atom is -0.756 e. The number of unbranched alkanes of at least 4 members (excludes halogenated alkanes) is 27. The number of amides is 1. The van der Waals surface area contributed by atoms with Gasteiger partial charge < -0.3 is 28.8 Å². The van der Waals surface area contributed by atoms with E-state index in [-0.39, 0.29) is 19.1 Å². The topological polar surface area (TPSA) is 108 Å². The van der Waals surface area contributed by atoms with Crippen molar-refractivity contribution in [3.05, 3.63) is 12.2 Å². The second-order valence-electron chi connectivity index (χ2n) is 17.1. The molecule has 0 radical (unpaired) electrons. The molecule has 322 valence electrons. The van der Waals surface area contributed by atoms with Gasteiger partial charge in [0.25, 0.3) is 7.82 Å². The molecule has 3 atom stereocenters. The Hall–Kier alpha value is -0.760. The highest BCUT2D eigenvalue weighted by Crippen LogP contribution is 2.38. The molecule has 54 heavy (non-hydrogen) atoms. The summed E-state index contributed by atoms with van der Waals surface area (Å²) in [5.74, 6) is -0.172. The number of quaternary nitrogens is 1. The van der Waals surface area contributed by atoms with E-state index in [0.717, 1.165) is 44.9 Å². The molecule has 0 aromatic rings. The largest absolute Gasteiger partial charge is 0.756 e. The number of nitrogens with one attached hydrogen (secondary N) is 1. The van der Waals surface area contributed by atoms with Gasteiger partial charge in [-0.05, 0) is 38.5 Å². The van der Waals surface area contributed by atoms with Crippen molar-refractivity contribution in [1.29, 1.82) is 0 Å². The second kappa shape index (κ2) is 37.8. The van der Waals surface area contributed by atoms with Gasteiger partial charge >= 0.3 is 0 Å². The van der Waals surface area contributed by atoms with Gasteiger partial charge in [-0.25, -0.2) is 0 Å². The molecule has 0 rings (SSSR count). The van der Waals surface area contributed by atoms with Crippen LogP contribution in [-0.4, -0.2) is 68.5 Å². The number of aliphatic hydroxyl groups is 1. The fourth-order valence-corrected chi connectivity index (χ4v) is 7.52. The first-order chi connectivity index (χ1) is 26.0. The lowest BCUT2D eigenvalue weighted by Gasteiger charge is -2.30. The number of carbonyl (C=O) groups excluding carboxylic acids is 1. The van der Waals surface area contributed by atoms with Gasteiger partial charge in [0.2, 0.25) is 5.91 Å². The monoisotopic (exact) mass is 787 g/mol. The van der Waals surface area contributed by atoms with Crippen LogP contribution in [0.3, 0.4) is 0 Å². The zero-order valence-corrected chi connectivity index (χ0v) is 37.3. The SMILES string of the molecule is CCCCCCCCCC/C=C/CCCC[C@@H](O)[C@H](COP(=O)([O-])OCC[N+](C)(C)C)NC(=O)CCCCCCCCCCCCCCCCCCCC. The number of carbonyl (C=O) groups is 1. The summed E-state index contributed by atoms with van der Waals surface area (Å²) in [6.45, 7) is 4.71. The Bertz CT molecular complexity index is 896. The summed E-state index contributed by atoms with van der Waals surface area (Å²) < 4.78 is 23.3. The van der Waals surface area contributed by atoms with Gasteiger partial charge in [-0.1, -0.05) is 187 Å². The molecular weight excluding hydrogens is 695 g/mol. The van der Waals surface area contributed by atoms with E-state index < -0.39 is 20.0 Å². The van der Waals surface area contributed by atoms with Crippen LogP contribution in [0.4, 0.5) is 0 Å². The van der Waals surface area contributed by atoms with Gasteiger partial charge in [0.15, 0.2) is 0 Å². The van der Waals surface area contributed by atoms with Crippen molar-refractivity contribution >= 4 is 13.7 Å². The molecule has 0 fully saturated rings. The zero-order chi connectivity index (χ0) is 40.0. The van der Waals surface area contributed by atoms with E-state index >= 15 is 0 Å². The van der Waals surface area contributed by atoms with E-state index in [1.807, 2.05) is 21.1 Å². The maximum Gasteiger partial charge on any atom is 0.268 e. The van der Waals surface area contributed by atoms with E-state index in [9.17, 15) is 19.4 Å². The van der Waals surface area contributed by atoms with Gasteiger partial charge in [0.1, 0.15) is 13.2 Å². The highest BCUT2D eigenvalue weighted by Gasteiger charge is 2.24. The van der Waals surface area contributed by atoms with Crippen LogP contribution >= 0.6 is 7.82 Å². The lowest BCUT2D eigenvalue weighted by atomic mass is 10.0. The van der Waals surface area contributed by atoms with Crippen molar-refractivity contribution in [3.8, 4) is 0 Å². The van der Waals surface area contributed by atoms with Crippen molar-refractivity contribution in [3.63, 3.8) is 0 Å². The normalized spacial score (nSPS) is 14.4. The number of allylic oxidation sites excluding steroid dienone is 2. The standard InChI is InChI=1S/C45H91N2O6P/c1-6-8-10-12-14-16-18-20-22-23-24-25-27-29-31-33-35-37-39-45(49)46-43(42-53-54(50,51)52-41-40-47(3,4)5)44(48)38-36-34-32-30-28-26-21-19-17-15-13-11-9-7-2/h28,30,43-44,48H,6-27,29,31-42H2,1-5H3,(H-,46,49,50,51)/b30-28+/t43-,44+/m0/s1. The average molecular weight is 787 g/mol. The highest BCUT2D eigenvalue weighted by atomic mass is 31.2. The lowest BCUT2D eigenvalue weighted by molar-refractivity contribution is -0.870. The van der Waals surface area contributed by atoms with Crippen molar-refractivity contribution in [2.45, 2.75) is 231 Å². The van der Waals surface area contributed by atoms with Crippen molar-refractivity contribution < 1.29 is 32.9 Å². The predicted molar refractivity (Wildman–Crippen MR) is 229 cm³/mol. The number of phosphoric ester groups is 1. The molecular formula is C45H91N2O6P. The molecule has 0 aliphatic carbocycles. The number of aliphatic hydroxyl groups excluding tert-OH is 1. The first-order valence-corrected chi connectivity index (χ1v) is 24.5. The summed E-state index contributed by atoms with van der Waals surface area (Å²) >= 11 is 0. The summed E-state index contributed by atoms with van der Waals surface area (Å²) in [6, 6.07) is -0.810. The second-order valence-corrected chi connectivity index (χ2v) is 18.5. The van der Waals surface area contributed by atoms with Crippen LogP contribution in [-0.2, 0) is 18.4 Å². The molecule has 0 aromatic carbocycles. The summed E-state index contributed by atoms with van der Waals surface area (Å²) in [6.07, 6.45) is 42.2.